The van der Waals surface area contributed by atoms with Gasteiger partial charge in [0.05, 0.1) is 7.05 Å². The summed E-state index contributed by atoms with van der Waals surface area (Å²) in [5, 5.41) is 11.7. The number of benzene rings is 1. The van der Waals surface area contributed by atoms with Gasteiger partial charge in [0, 0.05) is 5.56 Å². The Hall–Kier alpha value is -1.71. The van der Waals surface area contributed by atoms with E-state index in [0.717, 1.165) is 5.56 Å². The zero-order valence-electron chi connectivity index (χ0n) is 6.60. The van der Waals surface area contributed by atoms with E-state index >= 15 is 0 Å². The van der Waals surface area contributed by atoms with Crippen molar-refractivity contribution in [2.24, 2.45) is 7.05 Å². The summed E-state index contributed by atoms with van der Waals surface area (Å²) in [5.74, 6) is 0.645. The lowest BCUT2D eigenvalue weighted by Gasteiger charge is -1.89. The van der Waals surface area contributed by atoms with Gasteiger partial charge >= 0.3 is 0 Å². The molecule has 0 atom stereocenters. The SMILES string of the molecule is Cn1nnc(-c2cc[c]cc2)n1. The number of aryl methyl sites for hydroxylation is 1. The highest BCUT2D eigenvalue weighted by molar-refractivity contribution is 5.52. The van der Waals surface area contributed by atoms with Crippen LogP contribution in [0.25, 0.3) is 11.4 Å². The summed E-state index contributed by atoms with van der Waals surface area (Å²) in [5.41, 5.74) is 0.960. The van der Waals surface area contributed by atoms with Gasteiger partial charge in [-0.1, -0.05) is 24.3 Å². The smallest absolute Gasteiger partial charge is 0.167 e. The first-order valence-corrected chi connectivity index (χ1v) is 3.57. The number of aromatic nitrogens is 4. The predicted molar refractivity (Wildman–Crippen MR) is 43.1 cm³/mol. The molecule has 0 amide bonds. The van der Waals surface area contributed by atoms with Crippen molar-refractivity contribution >= 4 is 0 Å². The molecule has 1 heterocycles. The van der Waals surface area contributed by atoms with Crippen LogP contribution >= 0.6 is 0 Å². The summed E-state index contributed by atoms with van der Waals surface area (Å²) < 4.78 is 0. The molecule has 0 N–H and O–H groups in total. The van der Waals surface area contributed by atoms with Crippen LogP contribution in [-0.2, 0) is 7.05 Å². The minimum atomic E-state index is 0.645. The molecular formula is C8H7N4. The maximum absolute atomic E-state index is 4.06. The Kier molecular flexibility index (Phi) is 1.59. The maximum atomic E-state index is 4.06. The van der Waals surface area contributed by atoms with E-state index in [1.165, 1.54) is 4.80 Å². The molecule has 0 aliphatic heterocycles. The van der Waals surface area contributed by atoms with E-state index in [4.69, 9.17) is 0 Å². The van der Waals surface area contributed by atoms with Crippen LogP contribution in [0.3, 0.4) is 0 Å². The lowest BCUT2D eigenvalue weighted by atomic mass is 10.2. The number of hydrogen-bond donors (Lipinski definition) is 0. The predicted octanol–water partition coefficient (Wildman–Crippen LogP) is 0.677. The van der Waals surface area contributed by atoms with Gasteiger partial charge in [-0.15, -0.1) is 10.2 Å². The number of nitrogens with zero attached hydrogens (tertiary/aromatic N) is 4. The van der Waals surface area contributed by atoms with Gasteiger partial charge in [-0.3, -0.25) is 0 Å². The highest BCUT2D eigenvalue weighted by Crippen LogP contribution is 2.10. The molecule has 1 aromatic carbocycles. The molecule has 4 nitrogen and oxygen atoms in total. The van der Waals surface area contributed by atoms with Gasteiger partial charge in [0.2, 0.25) is 5.82 Å². The first kappa shape index (κ1) is 6.97. The van der Waals surface area contributed by atoms with Crippen LogP contribution in [0, 0.1) is 6.07 Å². The minimum absolute atomic E-state index is 0.645. The molecule has 0 spiro atoms. The summed E-state index contributed by atoms with van der Waals surface area (Å²) in [6.45, 7) is 0. The lowest BCUT2D eigenvalue weighted by Crippen LogP contribution is -1.91. The molecule has 4 heteroatoms. The lowest BCUT2D eigenvalue weighted by molar-refractivity contribution is 0.630. The monoisotopic (exact) mass is 159 g/mol. The van der Waals surface area contributed by atoms with Crippen LogP contribution in [0.2, 0.25) is 0 Å². The summed E-state index contributed by atoms with van der Waals surface area (Å²) in [6, 6.07) is 10.4. The molecule has 0 aliphatic carbocycles. The van der Waals surface area contributed by atoms with Gasteiger partial charge < -0.3 is 0 Å². The third kappa shape index (κ3) is 1.18. The highest BCUT2D eigenvalue weighted by Gasteiger charge is 2.01. The number of rotatable bonds is 1. The van der Waals surface area contributed by atoms with Crippen molar-refractivity contribution in [1.82, 2.24) is 20.2 Å². The largest absolute Gasteiger partial charge is 0.204 e. The quantitative estimate of drug-likeness (QED) is 0.614. The third-order valence-electron chi connectivity index (χ3n) is 1.48. The van der Waals surface area contributed by atoms with Crippen LogP contribution in [0.5, 0.6) is 0 Å². The Morgan fingerprint density at radius 1 is 1.33 bits per heavy atom. The van der Waals surface area contributed by atoms with Crippen molar-refractivity contribution < 1.29 is 0 Å². The number of tetrazole rings is 1. The van der Waals surface area contributed by atoms with Gasteiger partial charge in [0.25, 0.3) is 0 Å². The molecule has 0 fully saturated rings. The van der Waals surface area contributed by atoms with Crippen LogP contribution in [0.15, 0.2) is 24.3 Å². The van der Waals surface area contributed by atoms with Gasteiger partial charge in [0.15, 0.2) is 0 Å². The fourth-order valence-electron chi connectivity index (χ4n) is 0.936. The zero-order valence-corrected chi connectivity index (χ0v) is 6.60. The van der Waals surface area contributed by atoms with Crippen LogP contribution in [0.4, 0.5) is 0 Å². The molecule has 0 saturated carbocycles. The van der Waals surface area contributed by atoms with Gasteiger partial charge in [-0.05, 0) is 11.3 Å². The van der Waals surface area contributed by atoms with Crippen LogP contribution < -0.4 is 0 Å². The van der Waals surface area contributed by atoms with E-state index in [1.807, 2.05) is 24.3 Å². The topological polar surface area (TPSA) is 43.6 Å². The average molecular weight is 159 g/mol. The van der Waals surface area contributed by atoms with E-state index in [0.29, 0.717) is 5.82 Å². The van der Waals surface area contributed by atoms with Gasteiger partial charge in [-0.2, -0.15) is 4.80 Å². The van der Waals surface area contributed by atoms with Crippen LogP contribution in [-0.4, -0.2) is 20.2 Å². The summed E-state index contributed by atoms with van der Waals surface area (Å²) >= 11 is 0. The second-order valence-corrected chi connectivity index (χ2v) is 2.39. The molecule has 0 unspecified atom stereocenters. The standard InChI is InChI=1S/C8H7N4/c1-12-10-8(9-11-12)7-5-3-2-4-6-7/h3-6H,1H3. The normalized spacial score (nSPS) is 10.1. The Morgan fingerprint density at radius 2 is 2.08 bits per heavy atom. The summed E-state index contributed by atoms with van der Waals surface area (Å²) in [6.07, 6.45) is 0. The Bertz CT molecular complexity index is 366. The molecule has 1 aromatic heterocycles. The van der Waals surface area contributed by atoms with Crippen molar-refractivity contribution in [3.63, 3.8) is 0 Å². The molecule has 0 aliphatic rings. The summed E-state index contributed by atoms with van der Waals surface area (Å²) in [7, 11) is 1.74. The highest BCUT2D eigenvalue weighted by atomic mass is 15.6. The Labute approximate surface area is 69.8 Å². The molecule has 59 valence electrons. The van der Waals surface area contributed by atoms with E-state index in [-0.39, 0.29) is 0 Å². The fraction of sp³-hybridized carbons (Fsp3) is 0.125. The molecule has 0 bridgehead atoms. The van der Waals surface area contributed by atoms with E-state index in [1.54, 1.807) is 7.05 Å². The number of hydrogen-bond acceptors (Lipinski definition) is 3. The van der Waals surface area contributed by atoms with Crippen LogP contribution in [0.1, 0.15) is 0 Å². The fourth-order valence-corrected chi connectivity index (χ4v) is 0.936. The third-order valence-corrected chi connectivity index (χ3v) is 1.48. The first-order valence-electron chi connectivity index (χ1n) is 3.57. The molecule has 12 heavy (non-hydrogen) atoms. The van der Waals surface area contributed by atoms with E-state index in [9.17, 15) is 0 Å². The molecule has 2 rings (SSSR count). The van der Waals surface area contributed by atoms with Gasteiger partial charge in [0.1, 0.15) is 0 Å². The second-order valence-electron chi connectivity index (χ2n) is 2.39. The molecule has 0 saturated heterocycles. The molecule has 1 radical (unpaired) electrons. The Balaban J connectivity index is 2.45. The first-order chi connectivity index (χ1) is 5.86. The van der Waals surface area contributed by atoms with Crippen molar-refractivity contribution in [2.75, 3.05) is 0 Å². The molecular weight excluding hydrogens is 152 g/mol. The maximum Gasteiger partial charge on any atom is 0.204 e. The summed E-state index contributed by atoms with van der Waals surface area (Å²) in [4.78, 5) is 1.44. The van der Waals surface area contributed by atoms with Crippen molar-refractivity contribution in [3.05, 3.63) is 30.3 Å². The van der Waals surface area contributed by atoms with Gasteiger partial charge in [-0.25, -0.2) is 0 Å². The zero-order chi connectivity index (χ0) is 8.39. The van der Waals surface area contributed by atoms with Crippen molar-refractivity contribution in [2.45, 2.75) is 0 Å². The van der Waals surface area contributed by atoms with Crippen molar-refractivity contribution in [3.8, 4) is 11.4 Å². The van der Waals surface area contributed by atoms with Crippen molar-refractivity contribution in [1.29, 1.82) is 0 Å². The Morgan fingerprint density at radius 3 is 2.67 bits per heavy atom. The average Bonchev–Trinajstić information content (AvgIpc) is 2.54. The van der Waals surface area contributed by atoms with E-state index < -0.39 is 0 Å². The molecule has 2 aromatic rings. The van der Waals surface area contributed by atoms with E-state index in [2.05, 4.69) is 21.5 Å². The minimum Gasteiger partial charge on any atom is -0.167 e. The second kappa shape index (κ2) is 2.73.